The van der Waals surface area contributed by atoms with Crippen LogP contribution in [0.4, 0.5) is 0 Å². The van der Waals surface area contributed by atoms with Crippen molar-refractivity contribution in [3.05, 3.63) is 66.9 Å². The van der Waals surface area contributed by atoms with Gasteiger partial charge in [0.2, 0.25) is 0 Å². The second-order valence-electron chi connectivity index (χ2n) is 5.11. The molecule has 5 rings (SSSR count). The van der Waals surface area contributed by atoms with E-state index >= 15 is 0 Å². The summed E-state index contributed by atoms with van der Waals surface area (Å²) in [6.45, 7) is 0. The minimum atomic E-state index is 1.28. The summed E-state index contributed by atoms with van der Waals surface area (Å²) in [6, 6.07) is 21.9. The minimum absolute atomic E-state index is 1.28. The first-order chi connectivity index (χ1) is 9.43. The van der Waals surface area contributed by atoms with Crippen LogP contribution in [0.3, 0.4) is 0 Å². The minimum Gasteiger partial charge on any atom is -0.315 e. The van der Waals surface area contributed by atoms with E-state index in [1.165, 1.54) is 38.0 Å². The molecule has 2 heterocycles. The summed E-state index contributed by atoms with van der Waals surface area (Å²) in [5, 5.41) is 6.69. The summed E-state index contributed by atoms with van der Waals surface area (Å²) in [4.78, 5) is 0. The Morgan fingerprint density at radius 3 is 2.47 bits per heavy atom. The molecule has 0 bridgehead atoms. The standard InChI is InChI=1S/C18H11N/c1-2-7-16-14(5-1)15-6-3-4-12-8-9-13-10-11-19(16)18(13)17(12)15/h1-11H. The predicted octanol–water partition coefficient (Wildman–Crippen LogP) is 4.84. The Bertz CT molecular complexity index is 1050. The van der Waals surface area contributed by atoms with E-state index in [4.69, 9.17) is 0 Å². The number of fused-ring (bicyclic) bond motifs is 3. The molecule has 0 radical (unpaired) electrons. The van der Waals surface area contributed by atoms with Gasteiger partial charge in [-0.05, 0) is 22.9 Å². The smallest absolute Gasteiger partial charge is 0.0613 e. The molecule has 0 aliphatic carbocycles. The van der Waals surface area contributed by atoms with Gasteiger partial charge in [0.05, 0.1) is 11.0 Å². The van der Waals surface area contributed by atoms with Crippen LogP contribution in [-0.4, -0.2) is 4.40 Å². The Labute approximate surface area is 110 Å². The molecule has 19 heavy (non-hydrogen) atoms. The first kappa shape index (κ1) is 9.40. The van der Waals surface area contributed by atoms with Gasteiger partial charge >= 0.3 is 0 Å². The highest BCUT2D eigenvalue weighted by atomic mass is 14.9. The lowest BCUT2D eigenvalue weighted by molar-refractivity contribution is 1.29. The van der Waals surface area contributed by atoms with Gasteiger partial charge in [-0.25, -0.2) is 0 Å². The summed E-state index contributed by atoms with van der Waals surface area (Å²) >= 11 is 0. The molecule has 0 aliphatic rings. The van der Waals surface area contributed by atoms with Gasteiger partial charge in [0.15, 0.2) is 0 Å². The third-order valence-corrected chi connectivity index (χ3v) is 4.15. The van der Waals surface area contributed by atoms with Crippen molar-refractivity contribution in [1.29, 1.82) is 0 Å². The van der Waals surface area contributed by atoms with Crippen LogP contribution in [0.1, 0.15) is 0 Å². The number of rotatable bonds is 0. The van der Waals surface area contributed by atoms with E-state index in [2.05, 4.69) is 71.3 Å². The lowest BCUT2D eigenvalue weighted by Crippen LogP contribution is -1.90. The SMILES string of the molecule is c1cc2ccc3ccn4c5ccccc5c(c1)c2c34. The Morgan fingerprint density at radius 1 is 0.632 bits per heavy atom. The molecule has 88 valence electrons. The Morgan fingerprint density at radius 2 is 1.47 bits per heavy atom. The fourth-order valence-corrected chi connectivity index (χ4v) is 3.34. The second-order valence-corrected chi connectivity index (χ2v) is 5.11. The number of benzene rings is 3. The summed E-state index contributed by atoms with van der Waals surface area (Å²) in [6.07, 6.45) is 2.18. The van der Waals surface area contributed by atoms with Crippen molar-refractivity contribution in [1.82, 2.24) is 4.40 Å². The quantitative estimate of drug-likeness (QED) is 0.270. The fraction of sp³-hybridized carbons (Fsp3) is 0. The van der Waals surface area contributed by atoms with Crippen molar-refractivity contribution in [2.75, 3.05) is 0 Å². The van der Waals surface area contributed by atoms with Crippen LogP contribution in [0.5, 0.6) is 0 Å². The third kappa shape index (κ3) is 1.02. The topological polar surface area (TPSA) is 4.41 Å². The molecule has 0 amide bonds. The van der Waals surface area contributed by atoms with Gasteiger partial charge in [0.1, 0.15) is 0 Å². The normalized spacial score (nSPS) is 12.2. The van der Waals surface area contributed by atoms with E-state index < -0.39 is 0 Å². The van der Waals surface area contributed by atoms with Crippen molar-refractivity contribution >= 4 is 38.0 Å². The molecule has 0 spiro atoms. The van der Waals surface area contributed by atoms with Gasteiger partial charge in [-0.2, -0.15) is 0 Å². The maximum absolute atomic E-state index is 2.32. The fourth-order valence-electron chi connectivity index (χ4n) is 3.34. The van der Waals surface area contributed by atoms with Crippen molar-refractivity contribution in [3.63, 3.8) is 0 Å². The van der Waals surface area contributed by atoms with E-state index in [-0.39, 0.29) is 0 Å². The molecular formula is C18H11N. The molecule has 3 aromatic carbocycles. The van der Waals surface area contributed by atoms with Crippen LogP contribution < -0.4 is 0 Å². The number of para-hydroxylation sites is 1. The number of pyridine rings is 1. The second kappa shape index (κ2) is 3.07. The molecule has 1 heteroatoms. The summed E-state index contributed by atoms with van der Waals surface area (Å²) in [5.41, 5.74) is 2.62. The highest BCUT2D eigenvalue weighted by molar-refractivity contribution is 6.23. The molecule has 1 nitrogen and oxygen atoms in total. The largest absolute Gasteiger partial charge is 0.315 e. The van der Waals surface area contributed by atoms with E-state index in [0.29, 0.717) is 0 Å². The lowest BCUT2D eigenvalue weighted by atomic mass is 9.99. The number of nitrogens with zero attached hydrogens (tertiary/aromatic N) is 1. The maximum Gasteiger partial charge on any atom is 0.0613 e. The zero-order valence-corrected chi connectivity index (χ0v) is 10.3. The molecule has 0 saturated heterocycles. The highest BCUT2D eigenvalue weighted by Crippen LogP contribution is 2.36. The lowest BCUT2D eigenvalue weighted by Gasteiger charge is -2.11. The summed E-state index contributed by atoms with van der Waals surface area (Å²) in [5.74, 6) is 0. The first-order valence-electron chi connectivity index (χ1n) is 6.56. The predicted molar refractivity (Wildman–Crippen MR) is 81.1 cm³/mol. The van der Waals surface area contributed by atoms with Gasteiger partial charge < -0.3 is 4.40 Å². The average Bonchev–Trinajstić information content (AvgIpc) is 2.91. The molecule has 0 aliphatic heterocycles. The van der Waals surface area contributed by atoms with Crippen molar-refractivity contribution in [2.45, 2.75) is 0 Å². The van der Waals surface area contributed by atoms with Crippen LogP contribution in [0.2, 0.25) is 0 Å². The van der Waals surface area contributed by atoms with Gasteiger partial charge in [0.25, 0.3) is 0 Å². The Balaban J connectivity index is 2.34. The molecular weight excluding hydrogens is 230 g/mol. The van der Waals surface area contributed by atoms with Crippen molar-refractivity contribution < 1.29 is 0 Å². The van der Waals surface area contributed by atoms with Gasteiger partial charge in [-0.1, -0.05) is 48.5 Å². The third-order valence-electron chi connectivity index (χ3n) is 4.15. The van der Waals surface area contributed by atoms with Crippen LogP contribution in [-0.2, 0) is 0 Å². The maximum atomic E-state index is 2.32. The van der Waals surface area contributed by atoms with E-state index in [1.54, 1.807) is 0 Å². The zero-order chi connectivity index (χ0) is 12.4. The van der Waals surface area contributed by atoms with E-state index in [0.717, 1.165) is 0 Å². The summed E-state index contributed by atoms with van der Waals surface area (Å²) < 4.78 is 2.32. The Kier molecular flexibility index (Phi) is 1.52. The summed E-state index contributed by atoms with van der Waals surface area (Å²) in [7, 11) is 0. The van der Waals surface area contributed by atoms with Crippen LogP contribution in [0.25, 0.3) is 38.0 Å². The zero-order valence-electron chi connectivity index (χ0n) is 10.3. The molecule has 0 atom stereocenters. The monoisotopic (exact) mass is 241 g/mol. The van der Waals surface area contributed by atoms with Crippen LogP contribution >= 0.6 is 0 Å². The Hall–Kier alpha value is -2.54. The molecule has 0 unspecified atom stereocenters. The highest BCUT2D eigenvalue weighted by Gasteiger charge is 2.12. The van der Waals surface area contributed by atoms with Gasteiger partial charge in [-0.3, -0.25) is 0 Å². The molecule has 0 N–H and O–H groups in total. The molecule has 0 saturated carbocycles. The van der Waals surface area contributed by atoms with Gasteiger partial charge in [0, 0.05) is 22.4 Å². The van der Waals surface area contributed by atoms with Crippen LogP contribution in [0.15, 0.2) is 66.9 Å². The van der Waals surface area contributed by atoms with Crippen molar-refractivity contribution in [3.8, 4) is 0 Å². The van der Waals surface area contributed by atoms with Crippen molar-refractivity contribution in [2.24, 2.45) is 0 Å². The van der Waals surface area contributed by atoms with Gasteiger partial charge in [-0.15, -0.1) is 0 Å². The van der Waals surface area contributed by atoms with E-state index in [9.17, 15) is 0 Å². The first-order valence-corrected chi connectivity index (χ1v) is 6.56. The number of hydrogen-bond acceptors (Lipinski definition) is 0. The van der Waals surface area contributed by atoms with Crippen LogP contribution in [0, 0.1) is 0 Å². The number of aromatic nitrogens is 1. The number of hydrogen-bond donors (Lipinski definition) is 0. The average molecular weight is 241 g/mol. The van der Waals surface area contributed by atoms with E-state index in [1.807, 2.05) is 0 Å². The molecule has 5 aromatic rings. The molecule has 2 aromatic heterocycles. The molecule has 0 fully saturated rings.